The summed E-state index contributed by atoms with van der Waals surface area (Å²) < 4.78 is 10.9. The van der Waals surface area contributed by atoms with Gasteiger partial charge in [0.05, 0.1) is 11.6 Å². The van der Waals surface area contributed by atoms with E-state index in [9.17, 15) is 0 Å². The molecule has 0 amide bonds. The number of methoxy groups -OCH3 is 1. The molecular formula is C16H17Cl2NO2. The smallest absolute Gasteiger partial charge is 0.150 e. The van der Waals surface area contributed by atoms with Crippen molar-refractivity contribution in [1.29, 1.82) is 0 Å². The third-order valence-electron chi connectivity index (χ3n) is 2.86. The molecule has 0 aliphatic carbocycles. The Labute approximate surface area is 134 Å². The first kappa shape index (κ1) is 16.1. The lowest BCUT2D eigenvalue weighted by molar-refractivity contribution is 0.199. The van der Waals surface area contributed by atoms with Gasteiger partial charge >= 0.3 is 0 Å². The van der Waals surface area contributed by atoms with E-state index in [1.54, 1.807) is 25.3 Å². The fourth-order valence-corrected chi connectivity index (χ4v) is 2.27. The number of rotatable bonds is 7. The second-order valence-corrected chi connectivity index (χ2v) is 5.30. The lowest BCUT2D eigenvalue weighted by Gasteiger charge is -2.13. The molecule has 0 spiro atoms. The average molecular weight is 326 g/mol. The molecule has 0 unspecified atom stereocenters. The molecule has 0 atom stereocenters. The quantitative estimate of drug-likeness (QED) is 0.759. The SMILES string of the molecule is COCCNCc1cccc(Cl)c1Oc1cccc(Cl)c1. The van der Waals surface area contributed by atoms with E-state index in [-0.39, 0.29) is 0 Å². The van der Waals surface area contributed by atoms with Crippen molar-refractivity contribution >= 4 is 23.2 Å². The van der Waals surface area contributed by atoms with Crippen LogP contribution in [0.3, 0.4) is 0 Å². The summed E-state index contributed by atoms with van der Waals surface area (Å²) in [6.45, 7) is 2.07. The molecular weight excluding hydrogens is 309 g/mol. The second kappa shape index (κ2) is 8.25. The highest BCUT2D eigenvalue weighted by molar-refractivity contribution is 6.32. The lowest BCUT2D eigenvalue weighted by Crippen LogP contribution is -2.18. The van der Waals surface area contributed by atoms with E-state index in [4.69, 9.17) is 32.7 Å². The third kappa shape index (κ3) is 4.90. The molecule has 21 heavy (non-hydrogen) atoms. The molecule has 0 fully saturated rings. The number of benzene rings is 2. The third-order valence-corrected chi connectivity index (χ3v) is 3.40. The average Bonchev–Trinajstić information content (AvgIpc) is 2.47. The Balaban J connectivity index is 2.13. The van der Waals surface area contributed by atoms with Gasteiger partial charge in [0, 0.05) is 30.8 Å². The molecule has 0 saturated carbocycles. The largest absolute Gasteiger partial charge is 0.455 e. The van der Waals surface area contributed by atoms with Crippen molar-refractivity contribution in [3.8, 4) is 11.5 Å². The van der Waals surface area contributed by atoms with Crippen molar-refractivity contribution in [3.05, 3.63) is 58.1 Å². The van der Waals surface area contributed by atoms with Gasteiger partial charge in [-0.15, -0.1) is 0 Å². The number of hydrogen-bond acceptors (Lipinski definition) is 3. The summed E-state index contributed by atoms with van der Waals surface area (Å²) >= 11 is 12.2. The van der Waals surface area contributed by atoms with Gasteiger partial charge in [-0.2, -0.15) is 0 Å². The molecule has 0 aliphatic heterocycles. The summed E-state index contributed by atoms with van der Waals surface area (Å²) in [6.07, 6.45) is 0. The van der Waals surface area contributed by atoms with Crippen LogP contribution in [0.15, 0.2) is 42.5 Å². The number of nitrogens with one attached hydrogen (secondary N) is 1. The summed E-state index contributed by atoms with van der Waals surface area (Å²) in [5.74, 6) is 1.31. The van der Waals surface area contributed by atoms with Crippen molar-refractivity contribution < 1.29 is 9.47 Å². The summed E-state index contributed by atoms with van der Waals surface area (Å²) in [5.41, 5.74) is 0.985. The van der Waals surface area contributed by atoms with Crippen LogP contribution in [0.1, 0.15) is 5.56 Å². The molecule has 0 bridgehead atoms. The normalized spacial score (nSPS) is 10.6. The van der Waals surface area contributed by atoms with E-state index in [1.807, 2.05) is 24.3 Å². The number of halogens is 2. The second-order valence-electron chi connectivity index (χ2n) is 4.46. The van der Waals surface area contributed by atoms with Crippen LogP contribution in [-0.4, -0.2) is 20.3 Å². The van der Waals surface area contributed by atoms with Gasteiger partial charge in [0.1, 0.15) is 11.5 Å². The van der Waals surface area contributed by atoms with Crippen molar-refractivity contribution in [2.75, 3.05) is 20.3 Å². The van der Waals surface area contributed by atoms with E-state index < -0.39 is 0 Å². The van der Waals surface area contributed by atoms with E-state index in [1.165, 1.54) is 0 Å². The molecule has 0 saturated heterocycles. The summed E-state index contributed by atoms with van der Waals surface area (Å²) in [7, 11) is 1.68. The summed E-state index contributed by atoms with van der Waals surface area (Å²) in [6, 6.07) is 12.9. The first-order chi connectivity index (χ1) is 10.2. The Morgan fingerprint density at radius 1 is 1.10 bits per heavy atom. The van der Waals surface area contributed by atoms with E-state index in [0.29, 0.717) is 34.7 Å². The van der Waals surface area contributed by atoms with Crippen molar-refractivity contribution in [1.82, 2.24) is 5.32 Å². The zero-order valence-electron chi connectivity index (χ0n) is 11.7. The number of ether oxygens (including phenoxy) is 2. The van der Waals surface area contributed by atoms with E-state index in [2.05, 4.69) is 5.32 Å². The van der Waals surface area contributed by atoms with Crippen molar-refractivity contribution in [2.24, 2.45) is 0 Å². The minimum atomic E-state index is 0.570. The Morgan fingerprint density at radius 2 is 1.90 bits per heavy atom. The maximum absolute atomic E-state index is 6.25. The van der Waals surface area contributed by atoms with E-state index in [0.717, 1.165) is 12.1 Å². The Morgan fingerprint density at radius 3 is 2.67 bits per heavy atom. The molecule has 0 aliphatic rings. The number of para-hydroxylation sites is 1. The van der Waals surface area contributed by atoms with Gasteiger partial charge in [-0.3, -0.25) is 0 Å². The first-order valence-electron chi connectivity index (χ1n) is 6.61. The highest BCUT2D eigenvalue weighted by atomic mass is 35.5. The van der Waals surface area contributed by atoms with Crippen LogP contribution in [0.25, 0.3) is 0 Å². The minimum Gasteiger partial charge on any atom is -0.455 e. The fraction of sp³-hybridized carbons (Fsp3) is 0.250. The lowest BCUT2D eigenvalue weighted by atomic mass is 10.2. The van der Waals surface area contributed by atoms with Crippen LogP contribution in [-0.2, 0) is 11.3 Å². The van der Waals surface area contributed by atoms with Crippen LogP contribution in [0, 0.1) is 0 Å². The number of hydrogen-bond donors (Lipinski definition) is 1. The zero-order valence-corrected chi connectivity index (χ0v) is 13.2. The molecule has 112 valence electrons. The van der Waals surface area contributed by atoms with E-state index >= 15 is 0 Å². The molecule has 0 aromatic heterocycles. The molecule has 2 rings (SSSR count). The predicted octanol–water partition coefficient (Wildman–Crippen LogP) is 4.52. The predicted molar refractivity (Wildman–Crippen MR) is 86.6 cm³/mol. The minimum absolute atomic E-state index is 0.570. The topological polar surface area (TPSA) is 30.5 Å². The highest BCUT2D eigenvalue weighted by Crippen LogP contribution is 2.33. The molecule has 2 aromatic carbocycles. The fourth-order valence-electron chi connectivity index (χ4n) is 1.85. The molecule has 0 radical (unpaired) electrons. The Bertz CT molecular complexity index is 590. The maximum Gasteiger partial charge on any atom is 0.150 e. The Kier molecular flexibility index (Phi) is 6.33. The molecule has 2 aromatic rings. The van der Waals surface area contributed by atoms with Crippen LogP contribution in [0.2, 0.25) is 10.0 Å². The van der Waals surface area contributed by atoms with Crippen LogP contribution in [0.5, 0.6) is 11.5 Å². The first-order valence-corrected chi connectivity index (χ1v) is 7.37. The summed E-state index contributed by atoms with van der Waals surface area (Å²) in [4.78, 5) is 0. The van der Waals surface area contributed by atoms with Crippen LogP contribution < -0.4 is 10.1 Å². The van der Waals surface area contributed by atoms with Gasteiger partial charge in [0.15, 0.2) is 0 Å². The van der Waals surface area contributed by atoms with Gasteiger partial charge in [-0.1, -0.05) is 41.4 Å². The van der Waals surface area contributed by atoms with Gasteiger partial charge in [0.25, 0.3) is 0 Å². The van der Waals surface area contributed by atoms with Crippen LogP contribution >= 0.6 is 23.2 Å². The monoisotopic (exact) mass is 325 g/mol. The molecule has 0 heterocycles. The molecule has 5 heteroatoms. The highest BCUT2D eigenvalue weighted by Gasteiger charge is 2.09. The summed E-state index contributed by atoms with van der Waals surface area (Å²) in [5, 5.41) is 4.47. The van der Waals surface area contributed by atoms with Gasteiger partial charge in [-0.25, -0.2) is 0 Å². The maximum atomic E-state index is 6.25. The molecule has 1 N–H and O–H groups in total. The Hall–Kier alpha value is -1.26. The van der Waals surface area contributed by atoms with Gasteiger partial charge in [-0.05, 0) is 24.3 Å². The van der Waals surface area contributed by atoms with Crippen molar-refractivity contribution in [2.45, 2.75) is 6.54 Å². The zero-order chi connectivity index (χ0) is 15.1. The molecule has 3 nitrogen and oxygen atoms in total. The van der Waals surface area contributed by atoms with Gasteiger partial charge in [0.2, 0.25) is 0 Å². The standard InChI is InChI=1S/C16H17Cl2NO2/c1-20-9-8-19-11-12-4-2-7-15(18)16(12)21-14-6-3-5-13(17)10-14/h2-7,10,19H,8-9,11H2,1H3. The van der Waals surface area contributed by atoms with Crippen molar-refractivity contribution in [3.63, 3.8) is 0 Å². The van der Waals surface area contributed by atoms with Gasteiger partial charge < -0.3 is 14.8 Å². The van der Waals surface area contributed by atoms with Crippen LogP contribution in [0.4, 0.5) is 0 Å².